The van der Waals surface area contributed by atoms with Crippen LogP contribution in [0.2, 0.25) is 0 Å². The number of carboxylic acids is 1. The van der Waals surface area contributed by atoms with E-state index in [0.29, 0.717) is 29.9 Å². The lowest BCUT2D eigenvalue weighted by Crippen LogP contribution is -2.31. The van der Waals surface area contributed by atoms with Crippen LogP contribution < -0.4 is 5.32 Å². The Hall–Kier alpha value is -3.15. The molecule has 0 heterocycles. The van der Waals surface area contributed by atoms with Crippen molar-refractivity contribution in [3.8, 4) is 0 Å². The Morgan fingerprint density at radius 1 is 1.00 bits per heavy atom. The predicted molar refractivity (Wildman–Crippen MR) is 99.4 cm³/mol. The largest absolute Gasteiger partial charge is 0.478 e. The number of benzene rings is 2. The standard InChI is InChI=1S/C20H22N2O4/c1-3-22(4-2)19(24)16-10-5-6-11-17(16)21-18(23)13-14-8-7-9-15(12-14)20(25)26/h5-12H,3-4,13H2,1-2H3,(H,21,23)(H,25,26). The minimum atomic E-state index is -1.04. The number of amides is 2. The maximum Gasteiger partial charge on any atom is 0.335 e. The molecule has 2 aromatic rings. The summed E-state index contributed by atoms with van der Waals surface area (Å²) in [7, 11) is 0. The molecule has 6 heteroatoms. The minimum Gasteiger partial charge on any atom is -0.478 e. The number of carbonyl (C=O) groups is 3. The van der Waals surface area contributed by atoms with Gasteiger partial charge in [0.2, 0.25) is 5.91 Å². The Labute approximate surface area is 152 Å². The molecule has 136 valence electrons. The highest BCUT2D eigenvalue weighted by molar-refractivity contribution is 6.04. The molecule has 0 saturated heterocycles. The smallest absolute Gasteiger partial charge is 0.335 e. The molecule has 0 radical (unpaired) electrons. The van der Waals surface area contributed by atoms with Gasteiger partial charge in [-0.1, -0.05) is 24.3 Å². The highest BCUT2D eigenvalue weighted by Crippen LogP contribution is 2.18. The van der Waals surface area contributed by atoms with Crippen LogP contribution in [0.4, 0.5) is 5.69 Å². The summed E-state index contributed by atoms with van der Waals surface area (Å²) < 4.78 is 0. The lowest BCUT2D eigenvalue weighted by atomic mass is 10.1. The van der Waals surface area contributed by atoms with E-state index in [0.717, 1.165) is 0 Å². The Bertz CT molecular complexity index is 813. The third-order valence-electron chi connectivity index (χ3n) is 4.02. The lowest BCUT2D eigenvalue weighted by Gasteiger charge is -2.20. The molecule has 0 atom stereocenters. The molecule has 0 saturated carbocycles. The van der Waals surface area contributed by atoms with Crippen molar-refractivity contribution >= 4 is 23.5 Å². The second kappa shape index (κ2) is 8.80. The second-order valence-electron chi connectivity index (χ2n) is 5.75. The Morgan fingerprint density at radius 3 is 2.35 bits per heavy atom. The van der Waals surface area contributed by atoms with Crippen LogP contribution >= 0.6 is 0 Å². The summed E-state index contributed by atoms with van der Waals surface area (Å²) in [5.41, 5.74) is 1.61. The fourth-order valence-electron chi connectivity index (χ4n) is 2.65. The molecule has 0 aliphatic carbocycles. The fourth-order valence-corrected chi connectivity index (χ4v) is 2.65. The van der Waals surface area contributed by atoms with Crippen LogP contribution in [-0.4, -0.2) is 40.9 Å². The van der Waals surface area contributed by atoms with Gasteiger partial charge in [0.15, 0.2) is 0 Å². The number of nitrogens with zero attached hydrogens (tertiary/aromatic N) is 1. The molecule has 0 fully saturated rings. The maximum atomic E-state index is 12.6. The molecule has 26 heavy (non-hydrogen) atoms. The van der Waals surface area contributed by atoms with E-state index in [2.05, 4.69) is 5.32 Å². The SMILES string of the molecule is CCN(CC)C(=O)c1ccccc1NC(=O)Cc1cccc(C(=O)O)c1. The van der Waals surface area contributed by atoms with Crippen molar-refractivity contribution in [3.63, 3.8) is 0 Å². The first-order valence-corrected chi connectivity index (χ1v) is 8.46. The average molecular weight is 354 g/mol. The van der Waals surface area contributed by atoms with E-state index in [4.69, 9.17) is 5.11 Å². The Morgan fingerprint density at radius 2 is 1.69 bits per heavy atom. The first-order valence-electron chi connectivity index (χ1n) is 8.46. The van der Waals surface area contributed by atoms with Gasteiger partial charge in [-0.25, -0.2) is 4.79 Å². The molecule has 6 nitrogen and oxygen atoms in total. The number of rotatable bonds is 7. The van der Waals surface area contributed by atoms with Gasteiger partial charge in [-0.05, 0) is 43.7 Å². The van der Waals surface area contributed by atoms with Crippen molar-refractivity contribution < 1.29 is 19.5 Å². The molecule has 0 bridgehead atoms. The zero-order chi connectivity index (χ0) is 19.1. The quantitative estimate of drug-likeness (QED) is 0.800. The van der Waals surface area contributed by atoms with Gasteiger partial charge in [-0.3, -0.25) is 9.59 Å². The molecule has 2 N–H and O–H groups in total. The van der Waals surface area contributed by atoms with Crippen molar-refractivity contribution in [2.45, 2.75) is 20.3 Å². The highest BCUT2D eigenvalue weighted by atomic mass is 16.4. The Balaban J connectivity index is 2.16. The molecule has 2 aromatic carbocycles. The number of hydrogen-bond acceptors (Lipinski definition) is 3. The molecule has 2 amide bonds. The van der Waals surface area contributed by atoms with Gasteiger partial charge in [0.1, 0.15) is 0 Å². The maximum absolute atomic E-state index is 12.6. The molecule has 0 aliphatic heterocycles. The number of anilines is 1. The molecule has 0 spiro atoms. The van der Waals surface area contributed by atoms with Gasteiger partial charge >= 0.3 is 5.97 Å². The van der Waals surface area contributed by atoms with Crippen LogP contribution in [0.15, 0.2) is 48.5 Å². The molecule has 0 aliphatic rings. The van der Waals surface area contributed by atoms with Crippen molar-refractivity contribution in [3.05, 3.63) is 65.2 Å². The molecule has 0 aromatic heterocycles. The predicted octanol–water partition coefficient (Wildman–Crippen LogP) is 3.05. The van der Waals surface area contributed by atoms with Gasteiger partial charge in [-0.15, -0.1) is 0 Å². The van der Waals surface area contributed by atoms with E-state index in [9.17, 15) is 14.4 Å². The summed E-state index contributed by atoms with van der Waals surface area (Å²) in [6.45, 7) is 4.97. The first-order chi connectivity index (χ1) is 12.5. The molecular formula is C20H22N2O4. The van der Waals surface area contributed by atoms with E-state index in [1.807, 2.05) is 13.8 Å². The number of nitrogens with one attached hydrogen (secondary N) is 1. The van der Waals surface area contributed by atoms with E-state index < -0.39 is 5.97 Å². The van der Waals surface area contributed by atoms with Crippen molar-refractivity contribution in [1.29, 1.82) is 0 Å². The lowest BCUT2D eigenvalue weighted by molar-refractivity contribution is -0.115. The van der Waals surface area contributed by atoms with Gasteiger partial charge < -0.3 is 15.3 Å². The normalized spacial score (nSPS) is 10.2. The number of carboxylic acid groups (broad SMARTS) is 1. The highest BCUT2D eigenvalue weighted by Gasteiger charge is 2.17. The summed E-state index contributed by atoms with van der Waals surface area (Å²) in [5, 5.41) is 11.8. The van der Waals surface area contributed by atoms with Crippen LogP contribution in [0.3, 0.4) is 0 Å². The summed E-state index contributed by atoms with van der Waals surface area (Å²) in [4.78, 5) is 37.7. The summed E-state index contributed by atoms with van der Waals surface area (Å²) in [6.07, 6.45) is 0.0227. The second-order valence-corrected chi connectivity index (χ2v) is 5.75. The average Bonchev–Trinajstić information content (AvgIpc) is 2.63. The number of para-hydroxylation sites is 1. The number of hydrogen-bond donors (Lipinski definition) is 2. The summed E-state index contributed by atoms with van der Waals surface area (Å²) >= 11 is 0. The van der Waals surface area contributed by atoms with Crippen LogP contribution in [0, 0.1) is 0 Å². The van der Waals surface area contributed by atoms with E-state index >= 15 is 0 Å². The fraction of sp³-hybridized carbons (Fsp3) is 0.250. The van der Waals surface area contributed by atoms with Gasteiger partial charge in [0.05, 0.1) is 23.2 Å². The van der Waals surface area contributed by atoms with Crippen LogP contribution in [0.25, 0.3) is 0 Å². The van der Waals surface area contributed by atoms with Crippen LogP contribution in [-0.2, 0) is 11.2 Å². The number of carbonyl (C=O) groups excluding carboxylic acids is 2. The van der Waals surface area contributed by atoms with Gasteiger partial charge in [0.25, 0.3) is 5.91 Å². The van der Waals surface area contributed by atoms with E-state index in [-0.39, 0.29) is 23.8 Å². The molecular weight excluding hydrogens is 332 g/mol. The van der Waals surface area contributed by atoms with E-state index in [1.54, 1.807) is 41.3 Å². The van der Waals surface area contributed by atoms with E-state index in [1.165, 1.54) is 12.1 Å². The zero-order valence-corrected chi connectivity index (χ0v) is 14.9. The monoisotopic (exact) mass is 354 g/mol. The topological polar surface area (TPSA) is 86.7 Å². The number of aromatic carboxylic acids is 1. The van der Waals surface area contributed by atoms with Crippen LogP contribution in [0.5, 0.6) is 0 Å². The van der Waals surface area contributed by atoms with Crippen molar-refractivity contribution in [1.82, 2.24) is 4.90 Å². The third kappa shape index (κ3) is 4.69. The summed E-state index contributed by atoms with van der Waals surface area (Å²) in [5.74, 6) is -1.49. The zero-order valence-electron chi connectivity index (χ0n) is 14.9. The minimum absolute atomic E-state index is 0.0227. The van der Waals surface area contributed by atoms with Gasteiger partial charge in [-0.2, -0.15) is 0 Å². The summed E-state index contributed by atoms with van der Waals surface area (Å²) in [6, 6.07) is 13.1. The van der Waals surface area contributed by atoms with Gasteiger partial charge in [0, 0.05) is 13.1 Å². The molecule has 2 rings (SSSR count). The van der Waals surface area contributed by atoms with Crippen molar-refractivity contribution in [2.24, 2.45) is 0 Å². The molecule has 0 unspecified atom stereocenters. The van der Waals surface area contributed by atoms with Crippen LogP contribution in [0.1, 0.15) is 40.1 Å². The first kappa shape index (κ1) is 19.2. The third-order valence-corrected chi connectivity index (χ3v) is 4.02. The Kier molecular flexibility index (Phi) is 6.49. The van der Waals surface area contributed by atoms with Crippen molar-refractivity contribution in [2.75, 3.05) is 18.4 Å².